The molecule has 0 bridgehead atoms. The van der Waals surface area contributed by atoms with Crippen LogP contribution in [0.5, 0.6) is 17.2 Å². The molecule has 2 aliphatic heterocycles. The smallest absolute Gasteiger partial charge is 0.344 e. The van der Waals surface area contributed by atoms with E-state index in [1.54, 1.807) is 31.2 Å². The van der Waals surface area contributed by atoms with Gasteiger partial charge in [-0.3, -0.25) is 4.79 Å². The lowest BCUT2D eigenvalue weighted by Crippen LogP contribution is -2.44. The summed E-state index contributed by atoms with van der Waals surface area (Å²) in [5.74, 6) is 1.33. The minimum absolute atomic E-state index is 0.102. The minimum atomic E-state index is -0.724. The Balaban J connectivity index is 1.48. The molecular formula is C23H25NO7. The van der Waals surface area contributed by atoms with Gasteiger partial charge in [-0.2, -0.15) is 0 Å². The molecule has 1 N–H and O–H groups in total. The summed E-state index contributed by atoms with van der Waals surface area (Å²) in [6, 6.07) is 12.5. The molecule has 4 rings (SSSR count). The van der Waals surface area contributed by atoms with Gasteiger partial charge in [0, 0.05) is 18.9 Å². The highest BCUT2D eigenvalue weighted by Crippen LogP contribution is 2.41. The molecule has 8 heteroatoms. The molecule has 1 fully saturated rings. The maximum Gasteiger partial charge on any atom is 0.344 e. The number of anilines is 1. The lowest BCUT2D eigenvalue weighted by atomic mass is 9.73. The molecule has 0 unspecified atom stereocenters. The maximum atomic E-state index is 13.4. The average molecular weight is 427 g/mol. The van der Waals surface area contributed by atoms with Crippen LogP contribution in [0.3, 0.4) is 0 Å². The van der Waals surface area contributed by atoms with Crippen molar-refractivity contribution in [2.45, 2.75) is 25.2 Å². The fraction of sp³-hybridized carbons (Fsp3) is 0.391. The molecule has 0 atom stereocenters. The van der Waals surface area contributed by atoms with E-state index in [0.717, 1.165) is 5.56 Å². The number of carbonyl (C=O) groups is 2. The zero-order chi connectivity index (χ0) is 21.7. The van der Waals surface area contributed by atoms with E-state index in [4.69, 9.17) is 23.7 Å². The number of rotatable bonds is 7. The van der Waals surface area contributed by atoms with Gasteiger partial charge >= 0.3 is 5.97 Å². The highest BCUT2D eigenvalue weighted by Gasteiger charge is 2.42. The molecule has 2 aromatic carbocycles. The number of carbonyl (C=O) groups excluding carboxylic acids is 2. The third-order valence-corrected chi connectivity index (χ3v) is 5.48. The summed E-state index contributed by atoms with van der Waals surface area (Å²) in [4.78, 5) is 24.8. The van der Waals surface area contributed by atoms with Crippen LogP contribution in [0.2, 0.25) is 0 Å². The number of fused-ring (bicyclic) bond motifs is 1. The number of hydrogen-bond acceptors (Lipinski definition) is 7. The summed E-state index contributed by atoms with van der Waals surface area (Å²) < 4.78 is 26.7. The number of nitrogens with one attached hydrogen (secondary N) is 1. The molecule has 2 aromatic rings. The van der Waals surface area contributed by atoms with Crippen LogP contribution >= 0.6 is 0 Å². The SMILES string of the molecule is CCOC(=O)COc1ccc(NC(=O)C2(c3ccc4c(c3)OCO4)CCOCC2)cc1. The third-order valence-electron chi connectivity index (χ3n) is 5.48. The first-order valence-electron chi connectivity index (χ1n) is 10.3. The molecule has 0 saturated carbocycles. The van der Waals surface area contributed by atoms with Crippen molar-refractivity contribution in [3.8, 4) is 17.2 Å². The van der Waals surface area contributed by atoms with Crippen molar-refractivity contribution < 1.29 is 33.3 Å². The second-order valence-electron chi connectivity index (χ2n) is 7.33. The van der Waals surface area contributed by atoms with Gasteiger partial charge in [-0.15, -0.1) is 0 Å². The van der Waals surface area contributed by atoms with Crippen LogP contribution < -0.4 is 19.5 Å². The van der Waals surface area contributed by atoms with Crippen molar-refractivity contribution in [3.63, 3.8) is 0 Å². The van der Waals surface area contributed by atoms with Crippen LogP contribution in [0.1, 0.15) is 25.3 Å². The summed E-state index contributed by atoms with van der Waals surface area (Å²) in [7, 11) is 0. The number of ether oxygens (including phenoxy) is 5. The van der Waals surface area contributed by atoms with Crippen molar-refractivity contribution in [2.75, 3.05) is 38.5 Å². The summed E-state index contributed by atoms with van der Waals surface area (Å²) in [5, 5.41) is 3.02. The second-order valence-corrected chi connectivity index (χ2v) is 7.33. The Morgan fingerprint density at radius 1 is 1.03 bits per heavy atom. The number of benzene rings is 2. The van der Waals surface area contributed by atoms with Gasteiger partial charge in [-0.1, -0.05) is 6.07 Å². The summed E-state index contributed by atoms with van der Waals surface area (Å²) in [5.41, 5.74) is 0.797. The van der Waals surface area contributed by atoms with Crippen LogP contribution in [0.4, 0.5) is 5.69 Å². The molecule has 0 radical (unpaired) electrons. The molecule has 0 spiro atoms. The highest BCUT2D eigenvalue weighted by atomic mass is 16.7. The standard InChI is InChI=1S/C23H25NO7/c1-2-28-21(25)14-29-18-6-4-17(5-7-18)24-22(26)23(9-11-27-12-10-23)16-3-8-19-20(13-16)31-15-30-19/h3-8,13H,2,9-12,14-15H2,1H3,(H,24,26). The van der Waals surface area contributed by atoms with E-state index in [-0.39, 0.29) is 19.3 Å². The Morgan fingerprint density at radius 2 is 1.77 bits per heavy atom. The molecule has 0 aromatic heterocycles. The lowest BCUT2D eigenvalue weighted by Gasteiger charge is -2.36. The zero-order valence-corrected chi connectivity index (χ0v) is 17.3. The Kier molecular flexibility index (Phi) is 6.27. The van der Waals surface area contributed by atoms with E-state index < -0.39 is 11.4 Å². The van der Waals surface area contributed by atoms with Crippen molar-refractivity contribution in [1.29, 1.82) is 0 Å². The summed E-state index contributed by atoms with van der Waals surface area (Å²) in [6.07, 6.45) is 1.14. The second kappa shape index (κ2) is 9.26. The molecule has 164 valence electrons. The van der Waals surface area contributed by atoms with Gasteiger partial charge in [0.25, 0.3) is 0 Å². The average Bonchev–Trinajstić information content (AvgIpc) is 3.27. The molecule has 2 aliphatic rings. The van der Waals surface area contributed by atoms with E-state index >= 15 is 0 Å². The van der Waals surface area contributed by atoms with Gasteiger partial charge in [0.05, 0.1) is 12.0 Å². The maximum absolute atomic E-state index is 13.4. The van der Waals surface area contributed by atoms with Crippen LogP contribution in [0, 0.1) is 0 Å². The largest absolute Gasteiger partial charge is 0.482 e. The van der Waals surface area contributed by atoms with Crippen LogP contribution in [-0.4, -0.2) is 45.1 Å². The van der Waals surface area contributed by atoms with Crippen molar-refractivity contribution in [1.82, 2.24) is 0 Å². The first kappa shape index (κ1) is 21.0. The predicted octanol–water partition coefficient (Wildman–Crippen LogP) is 3.04. The van der Waals surface area contributed by atoms with Crippen LogP contribution in [-0.2, 0) is 24.5 Å². The minimum Gasteiger partial charge on any atom is -0.482 e. The van der Waals surface area contributed by atoms with Crippen molar-refractivity contribution in [2.24, 2.45) is 0 Å². The fourth-order valence-corrected chi connectivity index (χ4v) is 3.79. The van der Waals surface area contributed by atoms with Gasteiger partial charge in [-0.05, 0) is 61.7 Å². The number of esters is 1. The quantitative estimate of drug-likeness (QED) is 0.679. The zero-order valence-electron chi connectivity index (χ0n) is 17.3. The molecule has 0 aliphatic carbocycles. The molecule has 8 nitrogen and oxygen atoms in total. The van der Waals surface area contributed by atoms with Crippen LogP contribution in [0.15, 0.2) is 42.5 Å². The highest BCUT2D eigenvalue weighted by molar-refractivity contribution is 5.99. The fourth-order valence-electron chi connectivity index (χ4n) is 3.79. The Morgan fingerprint density at radius 3 is 2.52 bits per heavy atom. The third kappa shape index (κ3) is 4.59. The first-order chi connectivity index (χ1) is 15.1. The monoisotopic (exact) mass is 427 g/mol. The summed E-state index contributed by atoms with van der Waals surface area (Å²) >= 11 is 0. The van der Waals surface area contributed by atoms with Crippen molar-refractivity contribution >= 4 is 17.6 Å². The van der Waals surface area contributed by atoms with E-state index in [0.29, 0.717) is 55.6 Å². The Bertz CT molecular complexity index is 935. The van der Waals surface area contributed by atoms with Gasteiger partial charge in [0.1, 0.15) is 5.75 Å². The van der Waals surface area contributed by atoms with E-state index in [9.17, 15) is 9.59 Å². The topological polar surface area (TPSA) is 92.3 Å². The van der Waals surface area contributed by atoms with Crippen LogP contribution in [0.25, 0.3) is 0 Å². The first-order valence-corrected chi connectivity index (χ1v) is 10.3. The van der Waals surface area contributed by atoms with Gasteiger partial charge < -0.3 is 29.0 Å². The molecule has 31 heavy (non-hydrogen) atoms. The van der Waals surface area contributed by atoms with Gasteiger partial charge in [0.15, 0.2) is 18.1 Å². The number of amides is 1. The molecular weight excluding hydrogens is 402 g/mol. The lowest BCUT2D eigenvalue weighted by molar-refractivity contribution is -0.145. The Hall–Kier alpha value is -3.26. The Labute approximate surface area is 180 Å². The van der Waals surface area contributed by atoms with E-state index in [1.807, 2.05) is 18.2 Å². The molecule has 1 amide bonds. The normalized spacial score (nSPS) is 16.4. The predicted molar refractivity (Wildman–Crippen MR) is 111 cm³/mol. The summed E-state index contributed by atoms with van der Waals surface area (Å²) in [6.45, 7) is 3.08. The number of hydrogen-bond donors (Lipinski definition) is 1. The van der Waals surface area contributed by atoms with E-state index in [1.165, 1.54) is 0 Å². The van der Waals surface area contributed by atoms with E-state index in [2.05, 4.69) is 5.32 Å². The molecule has 1 saturated heterocycles. The van der Waals surface area contributed by atoms with Gasteiger partial charge in [-0.25, -0.2) is 4.79 Å². The van der Waals surface area contributed by atoms with Gasteiger partial charge in [0.2, 0.25) is 12.7 Å². The van der Waals surface area contributed by atoms with Crippen molar-refractivity contribution in [3.05, 3.63) is 48.0 Å². The molecule has 2 heterocycles.